The molecule has 17 heavy (non-hydrogen) atoms. The van der Waals surface area contributed by atoms with Crippen LogP contribution in [0.4, 0.5) is 0 Å². The van der Waals surface area contributed by atoms with Gasteiger partial charge in [0, 0.05) is 27.2 Å². The summed E-state index contributed by atoms with van der Waals surface area (Å²) in [5, 5.41) is 4.73. The fourth-order valence-corrected chi connectivity index (χ4v) is 2.78. The molecule has 0 amide bonds. The molecule has 1 heterocycles. The monoisotopic (exact) mass is 286 g/mol. The molecule has 2 nitrogen and oxygen atoms in total. The van der Waals surface area contributed by atoms with Crippen molar-refractivity contribution in [3.05, 3.63) is 50.4 Å². The Morgan fingerprint density at radius 1 is 1.41 bits per heavy atom. The highest BCUT2D eigenvalue weighted by Crippen LogP contribution is 2.27. The third-order valence-electron chi connectivity index (χ3n) is 2.58. The second kappa shape index (κ2) is 5.83. The van der Waals surface area contributed by atoms with Crippen molar-refractivity contribution in [1.29, 1.82) is 0 Å². The minimum Gasteiger partial charge on any atom is -0.312 e. The number of hydrogen-bond acceptors (Lipinski definition) is 3. The predicted molar refractivity (Wildman–Crippen MR) is 74.1 cm³/mol. The van der Waals surface area contributed by atoms with E-state index in [9.17, 15) is 0 Å². The molecule has 0 aliphatic carbocycles. The molecular formula is C12H12Cl2N2S. The summed E-state index contributed by atoms with van der Waals surface area (Å²) in [4.78, 5) is 5.29. The van der Waals surface area contributed by atoms with E-state index in [2.05, 4.69) is 10.3 Å². The van der Waals surface area contributed by atoms with Crippen molar-refractivity contribution in [2.24, 2.45) is 0 Å². The summed E-state index contributed by atoms with van der Waals surface area (Å²) >= 11 is 13.8. The van der Waals surface area contributed by atoms with E-state index in [0.717, 1.165) is 17.0 Å². The van der Waals surface area contributed by atoms with E-state index >= 15 is 0 Å². The highest BCUT2D eigenvalue weighted by atomic mass is 35.5. The lowest BCUT2D eigenvalue weighted by Crippen LogP contribution is -2.17. The number of hydrogen-bond donors (Lipinski definition) is 1. The maximum Gasteiger partial charge on any atom is 0.0794 e. The van der Waals surface area contributed by atoms with Gasteiger partial charge in [-0.3, -0.25) is 4.98 Å². The average molecular weight is 287 g/mol. The fraction of sp³-hybridized carbons (Fsp3) is 0.250. The van der Waals surface area contributed by atoms with E-state index in [4.69, 9.17) is 23.2 Å². The lowest BCUT2D eigenvalue weighted by Gasteiger charge is -2.15. The molecule has 1 N–H and O–H groups in total. The zero-order valence-corrected chi connectivity index (χ0v) is 11.6. The molecule has 1 atom stereocenters. The van der Waals surface area contributed by atoms with Gasteiger partial charge in [-0.1, -0.05) is 23.2 Å². The van der Waals surface area contributed by atoms with Gasteiger partial charge in [-0.2, -0.15) is 0 Å². The van der Waals surface area contributed by atoms with Crippen LogP contribution in [0, 0.1) is 0 Å². The molecule has 90 valence electrons. The third-order valence-corrected chi connectivity index (χ3v) is 4.07. The molecule has 1 unspecified atom stereocenters. The molecule has 0 spiro atoms. The van der Waals surface area contributed by atoms with Crippen molar-refractivity contribution < 1.29 is 0 Å². The van der Waals surface area contributed by atoms with Crippen molar-refractivity contribution in [3.8, 4) is 0 Å². The number of nitrogens with zero attached hydrogens (tertiary/aromatic N) is 1. The predicted octanol–water partition coefficient (Wildman–Crippen LogP) is 3.95. The summed E-state index contributed by atoms with van der Waals surface area (Å²) < 4.78 is 0. The SMILES string of the molecule is CNC(Cc1cc(Cl)ccc1Cl)c1cncs1. The van der Waals surface area contributed by atoms with Crippen molar-refractivity contribution in [1.82, 2.24) is 10.3 Å². The van der Waals surface area contributed by atoms with Gasteiger partial charge in [0.15, 0.2) is 0 Å². The topological polar surface area (TPSA) is 24.9 Å². The van der Waals surface area contributed by atoms with Crippen LogP contribution in [0.2, 0.25) is 10.0 Å². The van der Waals surface area contributed by atoms with E-state index in [1.165, 1.54) is 4.88 Å². The molecule has 0 bridgehead atoms. The highest BCUT2D eigenvalue weighted by molar-refractivity contribution is 7.09. The zero-order chi connectivity index (χ0) is 12.3. The fourth-order valence-electron chi connectivity index (χ4n) is 1.66. The first-order chi connectivity index (χ1) is 8.20. The van der Waals surface area contributed by atoms with Gasteiger partial charge in [0.1, 0.15) is 0 Å². The zero-order valence-electron chi connectivity index (χ0n) is 9.28. The maximum absolute atomic E-state index is 6.16. The van der Waals surface area contributed by atoms with E-state index in [1.54, 1.807) is 17.4 Å². The Bertz CT molecular complexity index is 485. The Balaban J connectivity index is 2.21. The van der Waals surface area contributed by atoms with Crippen molar-refractivity contribution in [3.63, 3.8) is 0 Å². The van der Waals surface area contributed by atoms with Gasteiger partial charge in [-0.25, -0.2) is 0 Å². The molecule has 0 saturated carbocycles. The molecule has 0 radical (unpaired) electrons. The van der Waals surface area contributed by atoms with Gasteiger partial charge >= 0.3 is 0 Å². The van der Waals surface area contributed by atoms with Crippen LogP contribution in [0.25, 0.3) is 0 Å². The Morgan fingerprint density at radius 2 is 2.24 bits per heavy atom. The van der Waals surface area contributed by atoms with Crippen LogP contribution in [-0.4, -0.2) is 12.0 Å². The van der Waals surface area contributed by atoms with Crippen LogP contribution in [0.15, 0.2) is 29.9 Å². The normalized spacial score (nSPS) is 12.6. The first kappa shape index (κ1) is 12.8. The maximum atomic E-state index is 6.16. The van der Waals surface area contributed by atoms with E-state index < -0.39 is 0 Å². The molecule has 0 saturated heterocycles. The number of nitrogens with one attached hydrogen (secondary N) is 1. The number of halogens is 2. The summed E-state index contributed by atoms with van der Waals surface area (Å²) in [6.07, 6.45) is 2.68. The largest absolute Gasteiger partial charge is 0.312 e. The first-order valence-electron chi connectivity index (χ1n) is 5.20. The Morgan fingerprint density at radius 3 is 2.88 bits per heavy atom. The smallest absolute Gasteiger partial charge is 0.0794 e. The minimum absolute atomic E-state index is 0.221. The Labute approximate surface area is 115 Å². The summed E-state index contributed by atoms with van der Waals surface area (Å²) in [6.45, 7) is 0. The molecule has 1 aromatic carbocycles. The van der Waals surface area contributed by atoms with Gasteiger partial charge < -0.3 is 5.32 Å². The number of benzene rings is 1. The highest BCUT2D eigenvalue weighted by Gasteiger charge is 2.13. The van der Waals surface area contributed by atoms with Crippen LogP contribution in [0.1, 0.15) is 16.5 Å². The molecule has 2 aromatic rings. The third kappa shape index (κ3) is 3.19. The van der Waals surface area contributed by atoms with E-state index in [-0.39, 0.29) is 6.04 Å². The molecule has 2 rings (SSSR count). The van der Waals surface area contributed by atoms with Crippen molar-refractivity contribution >= 4 is 34.5 Å². The standard InChI is InChI=1S/C12H12Cl2N2S/c1-15-11(12-6-16-7-17-12)5-8-4-9(13)2-3-10(8)14/h2-4,6-7,11,15H,5H2,1H3. The molecule has 1 aromatic heterocycles. The second-order valence-corrected chi connectivity index (χ2v) is 5.45. The number of likely N-dealkylation sites (N-methyl/N-ethyl adjacent to an activating group) is 1. The summed E-state index contributed by atoms with van der Waals surface area (Å²) in [5.41, 5.74) is 2.88. The molecular weight excluding hydrogens is 275 g/mol. The first-order valence-corrected chi connectivity index (χ1v) is 6.84. The number of aromatic nitrogens is 1. The minimum atomic E-state index is 0.221. The lowest BCUT2D eigenvalue weighted by atomic mass is 10.1. The van der Waals surface area contributed by atoms with Gasteiger partial charge in [0.05, 0.1) is 5.51 Å². The van der Waals surface area contributed by atoms with Crippen LogP contribution >= 0.6 is 34.5 Å². The van der Waals surface area contributed by atoms with Crippen LogP contribution in [-0.2, 0) is 6.42 Å². The molecule has 0 aliphatic heterocycles. The quantitative estimate of drug-likeness (QED) is 0.921. The Hall–Kier alpha value is -0.610. The summed E-state index contributed by atoms with van der Waals surface area (Å²) in [6, 6.07) is 5.76. The molecule has 0 fully saturated rings. The number of rotatable bonds is 4. The van der Waals surface area contributed by atoms with Gasteiger partial charge in [-0.05, 0) is 37.2 Å². The van der Waals surface area contributed by atoms with Crippen molar-refractivity contribution in [2.45, 2.75) is 12.5 Å². The van der Waals surface area contributed by atoms with E-state index in [1.807, 2.05) is 30.9 Å². The number of thiazole rings is 1. The molecule has 0 aliphatic rings. The van der Waals surface area contributed by atoms with Crippen LogP contribution in [0.3, 0.4) is 0 Å². The van der Waals surface area contributed by atoms with Crippen molar-refractivity contribution in [2.75, 3.05) is 7.05 Å². The van der Waals surface area contributed by atoms with Gasteiger partial charge in [0.25, 0.3) is 0 Å². The lowest BCUT2D eigenvalue weighted by molar-refractivity contribution is 0.601. The van der Waals surface area contributed by atoms with Gasteiger partial charge in [0.2, 0.25) is 0 Å². The second-order valence-electron chi connectivity index (χ2n) is 3.68. The summed E-state index contributed by atoms with van der Waals surface area (Å²) in [7, 11) is 1.93. The summed E-state index contributed by atoms with van der Waals surface area (Å²) in [5.74, 6) is 0. The van der Waals surface area contributed by atoms with Crippen LogP contribution < -0.4 is 5.32 Å². The van der Waals surface area contributed by atoms with Gasteiger partial charge in [-0.15, -0.1) is 11.3 Å². The Kier molecular flexibility index (Phi) is 4.40. The molecule has 5 heteroatoms. The van der Waals surface area contributed by atoms with E-state index in [0.29, 0.717) is 5.02 Å². The average Bonchev–Trinajstić information content (AvgIpc) is 2.84. The van der Waals surface area contributed by atoms with Crippen LogP contribution in [0.5, 0.6) is 0 Å².